The molecule has 0 saturated carbocycles. The van der Waals surface area contributed by atoms with Gasteiger partial charge in [-0.05, 0) is 70.3 Å². The van der Waals surface area contributed by atoms with Gasteiger partial charge in [0, 0.05) is 53.2 Å². The number of aliphatic hydroxyl groups excluding tert-OH is 1. The van der Waals surface area contributed by atoms with E-state index in [1.54, 1.807) is 47.4 Å². The molecule has 0 aliphatic carbocycles. The number of aliphatic hydroxyl groups is 1. The molecule has 0 radical (unpaired) electrons. The number of aliphatic carboxylic acids is 1. The summed E-state index contributed by atoms with van der Waals surface area (Å²) in [7, 11) is 0. The number of anilines is 2. The zero-order chi connectivity index (χ0) is 41.1. The fourth-order valence-corrected chi connectivity index (χ4v) is 6.24. The second-order valence-corrected chi connectivity index (χ2v) is 14.0. The van der Waals surface area contributed by atoms with Crippen molar-refractivity contribution in [1.82, 2.24) is 16.0 Å². The van der Waals surface area contributed by atoms with Crippen LogP contribution in [0.2, 0.25) is 10.0 Å². The summed E-state index contributed by atoms with van der Waals surface area (Å²) in [6.07, 6.45) is -1.70. The van der Waals surface area contributed by atoms with Crippen molar-refractivity contribution in [2.24, 2.45) is 0 Å². The van der Waals surface area contributed by atoms with Crippen molar-refractivity contribution < 1.29 is 24.6 Å². The first-order valence-electron chi connectivity index (χ1n) is 18.6. The molecule has 10 nitrogen and oxygen atoms in total. The zero-order valence-electron chi connectivity index (χ0n) is 31.7. The van der Waals surface area contributed by atoms with E-state index in [0.29, 0.717) is 21.4 Å². The maximum atomic E-state index is 13.5. The largest absolute Gasteiger partial charge is 0.479 e. The molecule has 6 rings (SSSR count). The lowest BCUT2D eigenvalue weighted by molar-refractivity contribution is -0.146. The van der Waals surface area contributed by atoms with Gasteiger partial charge >= 0.3 is 12.0 Å². The van der Waals surface area contributed by atoms with E-state index in [1.807, 2.05) is 66.7 Å². The third-order valence-electron chi connectivity index (χ3n) is 8.77. The second kappa shape index (κ2) is 22.7. The first kappa shape index (κ1) is 43.1. The van der Waals surface area contributed by atoms with E-state index in [4.69, 9.17) is 28.3 Å². The zero-order valence-corrected chi connectivity index (χ0v) is 33.2. The number of hydrogen-bond acceptors (Lipinski definition) is 6. The second-order valence-electron chi connectivity index (χ2n) is 13.2. The molecule has 6 N–H and O–H groups in total. The molecule has 0 spiro atoms. The summed E-state index contributed by atoms with van der Waals surface area (Å²) in [5.41, 5.74) is 6.78. The monoisotopic (exact) mass is 817 g/mol. The molecule has 0 saturated heterocycles. The summed E-state index contributed by atoms with van der Waals surface area (Å²) in [4.78, 5) is 38.1. The van der Waals surface area contributed by atoms with Gasteiger partial charge in [-0.1, -0.05) is 138 Å². The Bertz CT molecular complexity index is 2130. The molecule has 12 heteroatoms. The molecular formula is C46H45Cl2N5O5. The quantitative estimate of drug-likeness (QED) is 0.0537. The molecule has 0 heterocycles. The van der Waals surface area contributed by atoms with Crippen molar-refractivity contribution in [2.75, 3.05) is 29.9 Å². The minimum Gasteiger partial charge on any atom is -0.479 e. The van der Waals surface area contributed by atoms with Crippen LogP contribution in [0.1, 0.15) is 27.0 Å². The van der Waals surface area contributed by atoms with E-state index in [9.17, 15) is 19.5 Å². The summed E-state index contributed by atoms with van der Waals surface area (Å²) in [5, 5.41) is 31.0. The van der Waals surface area contributed by atoms with E-state index in [-0.39, 0.29) is 12.1 Å². The third-order valence-corrected chi connectivity index (χ3v) is 9.20. The lowest BCUT2D eigenvalue weighted by Gasteiger charge is -2.24. The van der Waals surface area contributed by atoms with Gasteiger partial charge in [0.15, 0.2) is 6.10 Å². The summed E-state index contributed by atoms with van der Waals surface area (Å²) < 4.78 is 0. The number of rotatable bonds is 16. The predicted molar refractivity (Wildman–Crippen MR) is 232 cm³/mol. The molecule has 0 bridgehead atoms. The number of urea groups is 1. The number of hydrogen-bond donors (Lipinski definition) is 6. The number of carbonyl (C=O) groups is 3. The molecule has 298 valence electrons. The van der Waals surface area contributed by atoms with Crippen LogP contribution < -0.4 is 26.2 Å². The van der Waals surface area contributed by atoms with Gasteiger partial charge in [0.25, 0.3) is 5.91 Å². The molecular weight excluding hydrogens is 773 g/mol. The molecule has 0 aliphatic rings. The molecule has 0 aliphatic heterocycles. The summed E-state index contributed by atoms with van der Waals surface area (Å²) >= 11 is 12.2. The van der Waals surface area contributed by atoms with Crippen LogP contribution >= 0.6 is 23.2 Å². The predicted octanol–water partition coefficient (Wildman–Crippen LogP) is 8.64. The van der Waals surface area contributed by atoms with Crippen LogP contribution in [0, 0.1) is 0 Å². The minimum atomic E-state index is -1.70. The van der Waals surface area contributed by atoms with Gasteiger partial charge in [-0.25, -0.2) is 9.59 Å². The number of nitrogens with zero attached hydrogens (tertiary/aromatic N) is 1. The highest BCUT2D eigenvalue weighted by molar-refractivity contribution is 6.35. The average molecular weight is 819 g/mol. The highest BCUT2D eigenvalue weighted by Gasteiger charge is 2.19. The lowest BCUT2D eigenvalue weighted by atomic mass is 10.1. The van der Waals surface area contributed by atoms with Gasteiger partial charge in [0.1, 0.15) is 0 Å². The van der Waals surface area contributed by atoms with Crippen LogP contribution in [0.15, 0.2) is 158 Å². The molecule has 3 amide bonds. The third kappa shape index (κ3) is 14.2. The summed E-state index contributed by atoms with van der Waals surface area (Å²) in [6.45, 7) is 3.60. The van der Waals surface area contributed by atoms with Crippen molar-refractivity contribution in [2.45, 2.75) is 25.7 Å². The van der Waals surface area contributed by atoms with E-state index in [1.165, 1.54) is 11.1 Å². The Labute approximate surface area is 348 Å². The molecule has 1 atom stereocenters. The van der Waals surface area contributed by atoms with Crippen molar-refractivity contribution in [3.63, 3.8) is 0 Å². The number of benzene rings is 6. The van der Waals surface area contributed by atoms with Crippen LogP contribution in [0.5, 0.6) is 0 Å². The highest BCUT2D eigenvalue weighted by atomic mass is 35.5. The normalized spacial score (nSPS) is 11.1. The molecule has 0 aromatic heterocycles. The smallest absolute Gasteiger partial charge is 0.334 e. The van der Waals surface area contributed by atoms with E-state index in [2.05, 4.69) is 69.8 Å². The molecule has 6 aromatic carbocycles. The van der Waals surface area contributed by atoms with Crippen molar-refractivity contribution >= 4 is 52.5 Å². The number of carbonyl (C=O) groups excluding carboxylic acids is 2. The van der Waals surface area contributed by atoms with Crippen LogP contribution in [-0.2, 0) is 24.4 Å². The number of carboxylic acids is 1. The fraction of sp³-hybridized carbons (Fsp3) is 0.152. The maximum absolute atomic E-state index is 13.5. The van der Waals surface area contributed by atoms with Gasteiger partial charge < -0.3 is 31.5 Å². The van der Waals surface area contributed by atoms with Gasteiger partial charge in [-0.15, -0.1) is 0 Å². The lowest BCUT2D eigenvalue weighted by Crippen LogP contribution is -2.36. The maximum Gasteiger partial charge on any atom is 0.334 e. The highest BCUT2D eigenvalue weighted by Crippen LogP contribution is 2.27. The SMILES string of the molecule is O=C(NC[C@@H](O)C(=O)O)c1ccc(CN(C(=O)Nc2cc(Cl)cc(Cl)c2)c2ccc(-c3ccccc3)cc2)cc1.c1ccc(CNCCNCc2ccccc2)cc1. The number of nitrogens with one attached hydrogen (secondary N) is 4. The standard InChI is InChI=1S/C30H25Cl2N3O5.C16H20N2/c31-23-14-24(32)16-25(15-23)34-30(40)35(26-12-10-21(11-13-26)20-4-2-1-3-5-20)18-19-6-8-22(9-7-19)28(37)33-17-27(36)29(38)39;1-3-7-15(8-4-1)13-17-11-12-18-14-16-9-5-2-6-10-16/h1-16,27,36H,17-18H2,(H,33,37)(H,34,40)(H,38,39);1-10,17-18H,11-14H2/t27-;/m1./s1. The number of halogens is 2. The van der Waals surface area contributed by atoms with E-state index in [0.717, 1.165) is 42.9 Å². The van der Waals surface area contributed by atoms with Crippen molar-refractivity contribution in [1.29, 1.82) is 0 Å². The van der Waals surface area contributed by atoms with Crippen LogP contribution in [-0.4, -0.2) is 53.9 Å². The Morgan fingerprint density at radius 3 is 1.62 bits per heavy atom. The summed E-state index contributed by atoms with van der Waals surface area (Å²) in [6, 6.07) is 49.2. The van der Waals surface area contributed by atoms with Crippen LogP contribution in [0.4, 0.5) is 16.2 Å². The number of amides is 3. The molecule has 58 heavy (non-hydrogen) atoms. The first-order chi connectivity index (χ1) is 28.1. The fourth-order valence-electron chi connectivity index (χ4n) is 5.72. The topological polar surface area (TPSA) is 143 Å². The molecule has 6 aromatic rings. The van der Waals surface area contributed by atoms with Crippen LogP contribution in [0.25, 0.3) is 11.1 Å². The average Bonchev–Trinajstić information content (AvgIpc) is 3.24. The Balaban J connectivity index is 0.000000296. The Morgan fingerprint density at radius 2 is 1.10 bits per heavy atom. The van der Waals surface area contributed by atoms with Gasteiger partial charge in [-0.3, -0.25) is 9.69 Å². The van der Waals surface area contributed by atoms with Crippen molar-refractivity contribution in [3.8, 4) is 11.1 Å². The van der Waals surface area contributed by atoms with Crippen molar-refractivity contribution in [3.05, 3.63) is 190 Å². The van der Waals surface area contributed by atoms with E-state index >= 15 is 0 Å². The Kier molecular flexibility index (Phi) is 16.8. The minimum absolute atomic E-state index is 0.171. The Hall–Kier alpha value is -6.01. The van der Waals surface area contributed by atoms with Gasteiger partial charge in [0.05, 0.1) is 13.1 Å². The van der Waals surface area contributed by atoms with E-state index < -0.39 is 30.6 Å². The number of carboxylic acid groups (broad SMARTS) is 1. The first-order valence-corrected chi connectivity index (χ1v) is 19.4. The van der Waals surface area contributed by atoms with Gasteiger partial charge in [-0.2, -0.15) is 0 Å². The molecule has 0 fully saturated rings. The Morgan fingerprint density at radius 1 is 0.603 bits per heavy atom. The van der Waals surface area contributed by atoms with Gasteiger partial charge in [0.2, 0.25) is 0 Å². The summed E-state index contributed by atoms with van der Waals surface area (Å²) in [5.74, 6) is -1.96. The molecule has 0 unspecified atom stereocenters. The van der Waals surface area contributed by atoms with Crippen LogP contribution in [0.3, 0.4) is 0 Å².